The summed E-state index contributed by atoms with van der Waals surface area (Å²) in [5.41, 5.74) is 1.18. The molecule has 1 rings (SSSR count). The van der Waals surface area contributed by atoms with E-state index in [-0.39, 0.29) is 11.9 Å². The van der Waals surface area contributed by atoms with Crippen molar-refractivity contribution in [2.45, 2.75) is 33.1 Å². The minimum atomic E-state index is -0.362. The Bertz CT molecular complexity index is 405. The maximum absolute atomic E-state index is 11.8. The SMILES string of the molecule is CCOC(=O)c1cnc(CCOC)nc1C(C)C. The monoisotopic (exact) mass is 252 g/mol. The van der Waals surface area contributed by atoms with E-state index in [2.05, 4.69) is 9.97 Å². The molecule has 0 unspecified atom stereocenters. The van der Waals surface area contributed by atoms with Crippen LogP contribution in [0.1, 0.15) is 48.6 Å². The predicted octanol–water partition coefficient (Wildman–Crippen LogP) is 1.97. The number of methoxy groups -OCH3 is 1. The first kappa shape index (κ1) is 14.6. The summed E-state index contributed by atoms with van der Waals surface area (Å²) in [6.45, 7) is 6.68. The van der Waals surface area contributed by atoms with E-state index < -0.39 is 0 Å². The number of carbonyl (C=O) groups is 1. The quantitative estimate of drug-likeness (QED) is 0.724. The van der Waals surface area contributed by atoms with Gasteiger partial charge in [-0.2, -0.15) is 0 Å². The Balaban J connectivity index is 3.00. The van der Waals surface area contributed by atoms with Crippen molar-refractivity contribution < 1.29 is 14.3 Å². The minimum Gasteiger partial charge on any atom is -0.462 e. The molecule has 0 saturated carbocycles. The summed E-state index contributed by atoms with van der Waals surface area (Å²) >= 11 is 0. The molecule has 0 bridgehead atoms. The van der Waals surface area contributed by atoms with Crippen molar-refractivity contribution in [3.63, 3.8) is 0 Å². The molecule has 100 valence electrons. The van der Waals surface area contributed by atoms with Crippen molar-refractivity contribution in [1.82, 2.24) is 9.97 Å². The first-order valence-corrected chi connectivity index (χ1v) is 6.12. The van der Waals surface area contributed by atoms with Crippen LogP contribution in [0, 0.1) is 0 Å². The molecular formula is C13H20N2O3. The third kappa shape index (κ3) is 3.77. The van der Waals surface area contributed by atoms with Crippen LogP contribution in [0.2, 0.25) is 0 Å². The molecule has 1 aromatic heterocycles. The largest absolute Gasteiger partial charge is 0.462 e. The van der Waals surface area contributed by atoms with Gasteiger partial charge in [0.2, 0.25) is 0 Å². The maximum Gasteiger partial charge on any atom is 0.341 e. The first-order valence-electron chi connectivity index (χ1n) is 6.12. The van der Waals surface area contributed by atoms with Crippen molar-refractivity contribution in [3.8, 4) is 0 Å². The smallest absolute Gasteiger partial charge is 0.341 e. The van der Waals surface area contributed by atoms with Crippen molar-refractivity contribution >= 4 is 5.97 Å². The average molecular weight is 252 g/mol. The Labute approximate surface area is 108 Å². The van der Waals surface area contributed by atoms with Crippen LogP contribution in [0.25, 0.3) is 0 Å². The van der Waals surface area contributed by atoms with Crippen LogP contribution in [0.5, 0.6) is 0 Å². The molecule has 0 aliphatic heterocycles. The Kier molecular flexibility index (Phi) is 5.71. The van der Waals surface area contributed by atoms with E-state index in [4.69, 9.17) is 9.47 Å². The molecule has 0 aliphatic carbocycles. The Morgan fingerprint density at radius 3 is 2.72 bits per heavy atom. The number of aromatic nitrogens is 2. The fraction of sp³-hybridized carbons (Fsp3) is 0.615. The summed E-state index contributed by atoms with van der Waals surface area (Å²) < 4.78 is 9.99. The van der Waals surface area contributed by atoms with Gasteiger partial charge in [0.05, 0.1) is 24.5 Å². The second-order valence-corrected chi connectivity index (χ2v) is 4.20. The lowest BCUT2D eigenvalue weighted by atomic mass is 10.1. The molecule has 0 radical (unpaired) electrons. The van der Waals surface area contributed by atoms with Gasteiger partial charge in [-0.1, -0.05) is 13.8 Å². The van der Waals surface area contributed by atoms with Gasteiger partial charge in [-0.25, -0.2) is 14.8 Å². The van der Waals surface area contributed by atoms with E-state index in [1.165, 1.54) is 0 Å². The third-order valence-electron chi connectivity index (χ3n) is 2.44. The molecule has 5 nitrogen and oxygen atoms in total. The maximum atomic E-state index is 11.8. The molecule has 18 heavy (non-hydrogen) atoms. The molecule has 0 saturated heterocycles. The number of esters is 1. The first-order chi connectivity index (χ1) is 8.60. The van der Waals surface area contributed by atoms with Crippen LogP contribution >= 0.6 is 0 Å². The molecule has 0 spiro atoms. The van der Waals surface area contributed by atoms with E-state index in [0.29, 0.717) is 31.0 Å². The van der Waals surface area contributed by atoms with Gasteiger partial charge in [-0.3, -0.25) is 0 Å². The number of ether oxygens (including phenoxy) is 2. The fourth-order valence-corrected chi connectivity index (χ4v) is 1.55. The lowest BCUT2D eigenvalue weighted by Crippen LogP contribution is -2.14. The Hall–Kier alpha value is -1.49. The van der Waals surface area contributed by atoms with Crippen LogP contribution in [-0.4, -0.2) is 36.3 Å². The van der Waals surface area contributed by atoms with E-state index in [0.717, 1.165) is 5.69 Å². The summed E-state index contributed by atoms with van der Waals surface area (Å²) in [6.07, 6.45) is 2.19. The number of nitrogens with zero attached hydrogens (tertiary/aromatic N) is 2. The van der Waals surface area contributed by atoms with Gasteiger partial charge >= 0.3 is 5.97 Å². The summed E-state index contributed by atoms with van der Waals surface area (Å²) in [5, 5.41) is 0. The van der Waals surface area contributed by atoms with Crippen LogP contribution < -0.4 is 0 Å². The minimum absolute atomic E-state index is 0.147. The lowest BCUT2D eigenvalue weighted by Gasteiger charge is -2.11. The number of hydrogen-bond acceptors (Lipinski definition) is 5. The molecule has 0 N–H and O–H groups in total. The van der Waals surface area contributed by atoms with Crippen LogP contribution in [-0.2, 0) is 15.9 Å². The highest BCUT2D eigenvalue weighted by Gasteiger charge is 2.17. The summed E-state index contributed by atoms with van der Waals surface area (Å²) in [5.74, 6) is 0.474. The second-order valence-electron chi connectivity index (χ2n) is 4.20. The van der Waals surface area contributed by atoms with Gasteiger partial charge in [0.1, 0.15) is 5.82 Å². The highest BCUT2D eigenvalue weighted by Crippen LogP contribution is 2.17. The van der Waals surface area contributed by atoms with Crippen molar-refractivity contribution in [3.05, 3.63) is 23.3 Å². The highest BCUT2D eigenvalue weighted by atomic mass is 16.5. The normalized spacial score (nSPS) is 10.7. The average Bonchev–Trinajstić information content (AvgIpc) is 2.36. The van der Waals surface area contributed by atoms with E-state index in [1.54, 1.807) is 20.2 Å². The Morgan fingerprint density at radius 2 is 2.17 bits per heavy atom. The van der Waals surface area contributed by atoms with E-state index >= 15 is 0 Å². The summed E-state index contributed by atoms with van der Waals surface area (Å²) in [4.78, 5) is 20.4. The fourth-order valence-electron chi connectivity index (χ4n) is 1.55. The molecule has 0 amide bonds. The van der Waals surface area contributed by atoms with Gasteiger partial charge in [0.15, 0.2) is 0 Å². The third-order valence-corrected chi connectivity index (χ3v) is 2.44. The van der Waals surface area contributed by atoms with Gasteiger partial charge in [0.25, 0.3) is 0 Å². The second kappa shape index (κ2) is 7.06. The molecule has 0 aliphatic rings. The molecule has 0 fully saturated rings. The topological polar surface area (TPSA) is 61.3 Å². The molecule has 0 atom stereocenters. The van der Waals surface area contributed by atoms with Crippen LogP contribution in [0.3, 0.4) is 0 Å². The predicted molar refractivity (Wildman–Crippen MR) is 67.7 cm³/mol. The number of carbonyl (C=O) groups excluding carboxylic acids is 1. The standard InChI is InChI=1S/C13H20N2O3/c1-5-18-13(16)10-8-14-11(6-7-17-4)15-12(10)9(2)3/h8-9H,5-7H2,1-4H3. The highest BCUT2D eigenvalue weighted by molar-refractivity contribution is 5.90. The van der Waals surface area contributed by atoms with E-state index in [9.17, 15) is 4.79 Å². The van der Waals surface area contributed by atoms with Crippen molar-refractivity contribution in [1.29, 1.82) is 0 Å². The van der Waals surface area contributed by atoms with Crippen LogP contribution in [0.4, 0.5) is 0 Å². The number of rotatable bonds is 6. The van der Waals surface area contributed by atoms with Crippen molar-refractivity contribution in [2.75, 3.05) is 20.3 Å². The Morgan fingerprint density at radius 1 is 1.44 bits per heavy atom. The molecule has 0 aromatic carbocycles. The lowest BCUT2D eigenvalue weighted by molar-refractivity contribution is 0.0523. The summed E-state index contributed by atoms with van der Waals surface area (Å²) in [6, 6.07) is 0. The molecule has 1 heterocycles. The number of hydrogen-bond donors (Lipinski definition) is 0. The zero-order chi connectivity index (χ0) is 13.5. The summed E-state index contributed by atoms with van der Waals surface area (Å²) in [7, 11) is 1.64. The molecular weight excluding hydrogens is 232 g/mol. The zero-order valence-corrected chi connectivity index (χ0v) is 11.4. The molecule has 5 heteroatoms. The zero-order valence-electron chi connectivity index (χ0n) is 11.4. The van der Waals surface area contributed by atoms with Gasteiger partial charge in [-0.15, -0.1) is 0 Å². The van der Waals surface area contributed by atoms with Crippen LogP contribution in [0.15, 0.2) is 6.20 Å². The van der Waals surface area contributed by atoms with Crippen molar-refractivity contribution in [2.24, 2.45) is 0 Å². The van der Waals surface area contributed by atoms with E-state index in [1.807, 2.05) is 13.8 Å². The van der Waals surface area contributed by atoms with Gasteiger partial charge < -0.3 is 9.47 Å². The molecule has 1 aromatic rings. The van der Waals surface area contributed by atoms with Gasteiger partial charge in [0, 0.05) is 19.7 Å². The van der Waals surface area contributed by atoms with Gasteiger partial charge in [-0.05, 0) is 12.8 Å².